The molecule has 2 aliphatic heterocycles. The third-order valence-corrected chi connectivity index (χ3v) is 5.18. The average molecular weight is 381 g/mol. The van der Waals surface area contributed by atoms with Crippen molar-refractivity contribution in [2.45, 2.75) is 31.5 Å². The van der Waals surface area contributed by atoms with Crippen LogP contribution in [0.5, 0.6) is 0 Å². The highest BCUT2D eigenvalue weighted by atomic mass is 19.1. The van der Waals surface area contributed by atoms with E-state index in [9.17, 15) is 4.79 Å². The molecule has 0 saturated carbocycles. The Hall–Kier alpha value is -2.89. The summed E-state index contributed by atoms with van der Waals surface area (Å²) in [6.45, 7) is 1.45. The Kier molecular flexibility index (Phi) is 5.28. The van der Waals surface area contributed by atoms with Gasteiger partial charge in [0, 0.05) is 19.5 Å². The van der Waals surface area contributed by atoms with Crippen LogP contribution in [0.4, 0.5) is 15.0 Å². The molecule has 6 heteroatoms. The van der Waals surface area contributed by atoms with E-state index in [0.29, 0.717) is 6.54 Å². The van der Waals surface area contributed by atoms with Gasteiger partial charge in [-0.1, -0.05) is 36.4 Å². The molecular weight excluding hydrogens is 357 g/mol. The predicted molar refractivity (Wildman–Crippen MR) is 107 cm³/mol. The molecule has 0 aliphatic carbocycles. The number of rotatable bonds is 4. The summed E-state index contributed by atoms with van der Waals surface area (Å²) >= 11 is 0. The van der Waals surface area contributed by atoms with Crippen molar-refractivity contribution in [3.8, 4) is 0 Å². The zero-order valence-electron chi connectivity index (χ0n) is 15.7. The Labute approximate surface area is 164 Å². The van der Waals surface area contributed by atoms with Gasteiger partial charge in [-0.05, 0) is 42.2 Å². The Morgan fingerprint density at radius 3 is 3.00 bits per heavy atom. The van der Waals surface area contributed by atoms with Gasteiger partial charge < -0.3 is 15.0 Å². The molecule has 0 radical (unpaired) electrons. The number of pyridine rings is 1. The molecule has 4 rings (SSSR count). The summed E-state index contributed by atoms with van der Waals surface area (Å²) < 4.78 is 20.4. The number of carbonyl (C=O) groups excluding carboxylic acids is 1. The third kappa shape index (κ3) is 4.32. The predicted octanol–water partition coefficient (Wildman–Crippen LogP) is 4.20. The van der Waals surface area contributed by atoms with Crippen molar-refractivity contribution in [1.29, 1.82) is 0 Å². The first kappa shape index (κ1) is 18.5. The maximum atomic E-state index is 15.1. The lowest BCUT2D eigenvalue weighted by Gasteiger charge is -2.18. The number of alkyl halides is 1. The topological polar surface area (TPSA) is 54.5 Å². The van der Waals surface area contributed by atoms with Crippen molar-refractivity contribution < 1.29 is 13.9 Å². The molecule has 1 fully saturated rings. The SMILES string of the molecule is O=C(OCc1ccccc1)N1CC[C@@](F)(/C=C\c2ccc3c(n2)NCCC3)C1. The number of hydrogen-bond acceptors (Lipinski definition) is 4. The third-order valence-electron chi connectivity index (χ3n) is 5.18. The molecule has 28 heavy (non-hydrogen) atoms. The van der Waals surface area contributed by atoms with E-state index >= 15 is 4.39 Å². The van der Waals surface area contributed by atoms with Crippen LogP contribution in [0, 0.1) is 0 Å². The van der Waals surface area contributed by atoms with Crippen LogP contribution >= 0.6 is 0 Å². The van der Waals surface area contributed by atoms with E-state index in [1.54, 1.807) is 6.08 Å². The summed E-state index contributed by atoms with van der Waals surface area (Å²) in [5.74, 6) is 0.888. The van der Waals surface area contributed by atoms with E-state index in [2.05, 4.69) is 10.3 Å². The van der Waals surface area contributed by atoms with Gasteiger partial charge in [0.1, 0.15) is 18.1 Å². The van der Waals surface area contributed by atoms with Crippen LogP contribution in [0.25, 0.3) is 6.08 Å². The van der Waals surface area contributed by atoms with Crippen LogP contribution in [-0.4, -0.2) is 41.3 Å². The standard InChI is InChI=1S/C22H24FN3O2/c23-22(11-10-19-9-8-18-7-4-13-24-20(18)25-19)12-14-26(16-22)21(27)28-15-17-5-2-1-3-6-17/h1-3,5-6,8-11H,4,7,12-16H2,(H,24,25)/b11-10-/t22-/m0/s1. The number of aryl methyl sites for hydroxylation is 1. The number of nitrogens with zero attached hydrogens (tertiary/aromatic N) is 2. The highest BCUT2D eigenvalue weighted by Crippen LogP contribution is 2.29. The summed E-state index contributed by atoms with van der Waals surface area (Å²) in [5, 5.41) is 3.28. The number of anilines is 1. The van der Waals surface area contributed by atoms with Crippen molar-refractivity contribution in [2.24, 2.45) is 0 Å². The first-order valence-corrected chi connectivity index (χ1v) is 9.69. The van der Waals surface area contributed by atoms with Gasteiger partial charge in [-0.25, -0.2) is 14.2 Å². The molecule has 5 nitrogen and oxygen atoms in total. The van der Waals surface area contributed by atoms with Gasteiger partial charge in [-0.2, -0.15) is 0 Å². The molecule has 1 N–H and O–H groups in total. The molecule has 1 amide bonds. The number of fused-ring (bicyclic) bond motifs is 1. The smallest absolute Gasteiger partial charge is 0.410 e. The molecule has 0 unspecified atom stereocenters. The maximum Gasteiger partial charge on any atom is 0.410 e. The van der Waals surface area contributed by atoms with Crippen LogP contribution < -0.4 is 5.32 Å². The second kappa shape index (κ2) is 8.00. The summed E-state index contributed by atoms with van der Waals surface area (Å²) in [4.78, 5) is 18.2. The van der Waals surface area contributed by atoms with Crippen molar-refractivity contribution in [3.63, 3.8) is 0 Å². The molecule has 3 heterocycles. The fourth-order valence-corrected chi connectivity index (χ4v) is 3.57. The Bertz CT molecular complexity index is 871. The second-order valence-electron chi connectivity index (χ2n) is 7.35. The Morgan fingerprint density at radius 2 is 2.14 bits per heavy atom. The van der Waals surface area contributed by atoms with Crippen LogP contribution in [0.2, 0.25) is 0 Å². The number of carbonyl (C=O) groups is 1. The molecule has 1 aromatic carbocycles. The monoisotopic (exact) mass is 381 g/mol. The van der Waals surface area contributed by atoms with Gasteiger partial charge >= 0.3 is 6.09 Å². The first-order valence-electron chi connectivity index (χ1n) is 9.69. The molecule has 1 saturated heterocycles. The lowest BCUT2D eigenvalue weighted by Crippen LogP contribution is -2.32. The highest BCUT2D eigenvalue weighted by Gasteiger charge is 2.38. The highest BCUT2D eigenvalue weighted by molar-refractivity contribution is 5.68. The minimum atomic E-state index is -1.56. The van der Waals surface area contributed by atoms with Crippen LogP contribution in [0.15, 0.2) is 48.5 Å². The zero-order chi connectivity index (χ0) is 19.4. The first-order chi connectivity index (χ1) is 13.6. The number of ether oxygens (including phenoxy) is 1. The quantitative estimate of drug-likeness (QED) is 0.862. The van der Waals surface area contributed by atoms with Crippen molar-refractivity contribution >= 4 is 18.0 Å². The largest absolute Gasteiger partial charge is 0.445 e. The fourth-order valence-electron chi connectivity index (χ4n) is 3.57. The van der Waals surface area contributed by atoms with E-state index in [1.165, 1.54) is 16.5 Å². The van der Waals surface area contributed by atoms with Gasteiger partial charge in [0.25, 0.3) is 0 Å². The van der Waals surface area contributed by atoms with Crippen LogP contribution in [0.3, 0.4) is 0 Å². The van der Waals surface area contributed by atoms with Gasteiger partial charge in [-0.15, -0.1) is 0 Å². The lowest BCUT2D eigenvalue weighted by atomic mass is 10.0. The van der Waals surface area contributed by atoms with E-state index < -0.39 is 11.8 Å². The summed E-state index contributed by atoms with van der Waals surface area (Å²) in [6, 6.07) is 13.4. The summed E-state index contributed by atoms with van der Waals surface area (Å²) in [7, 11) is 0. The molecule has 1 atom stereocenters. The van der Waals surface area contributed by atoms with Crippen molar-refractivity contribution in [1.82, 2.24) is 9.88 Å². The number of hydrogen-bond donors (Lipinski definition) is 1. The van der Waals surface area contributed by atoms with Crippen molar-refractivity contribution in [3.05, 3.63) is 65.4 Å². The van der Waals surface area contributed by atoms with Crippen LogP contribution in [-0.2, 0) is 17.8 Å². The molecule has 0 bridgehead atoms. The number of aromatic nitrogens is 1. The van der Waals surface area contributed by atoms with E-state index in [4.69, 9.17) is 4.74 Å². The van der Waals surface area contributed by atoms with Gasteiger partial charge in [-0.3, -0.25) is 0 Å². The Balaban J connectivity index is 1.34. The van der Waals surface area contributed by atoms with Gasteiger partial charge in [0.15, 0.2) is 0 Å². The fraction of sp³-hybridized carbons (Fsp3) is 0.364. The van der Waals surface area contributed by atoms with Gasteiger partial charge in [0.2, 0.25) is 0 Å². The maximum absolute atomic E-state index is 15.1. The molecule has 2 aliphatic rings. The second-order valence-corrected chi connectivity index (χ2v) is 7.35. The number of benzene rings is 1. The van der Waals surface area contributed by atoms with Gasteiger partial charge in [0.05, 0.1) is 12.2 Å². The molecule has 146 valence electrons. The molecular formula is C22H24FN3O2. The van der Waals surface area contributed by atoms with E-state index in [-0.39, 0.29) is 19.6 Å². The molecule has 2 aromatic rings. The van der Waals surface area contributed by atoms with E-state index in [0.717, 1.165) is 36.5 Å². The molecule has 0 spiro atoms. The minimum absolute atomic E-state index is 0.000311. The lowest BCUT2D eigenvalue weighted by molar-refractivity contribution is 0.0988. The zero-order valence-corrected chi connectivity index (χ0v) is 15.7. The van der Waals surface area contributed by atoms with Crippen molar-refractivity contribution in [2.75, 3.05) is 25.0 Å². The van der Waals surface area contributed by atoms with E-state index in [1.807, 2.05) is 42.5 Å². The number of amides is 1. The number of halogens is 1. The summed E-state index contributed by atoms with van der Waals surface area (Å²) in [5.41, 5.74) is 1.27. The summed E-state index contributed by atoms with van der Waals surface area (Å²) in [6.07, 6.45) is 5.13. The minimum Gasteiger partial charge on any atom is -0.445 e. The normalized spacial score (nSPS) is 21.4. The van der Waals surface area contributed by atoms with Crippen LogP contribution in [0.1, 0.15) is 29.7 Å². The molecule has 1 aromatic heterocycles. The Morgan fingerprint density at radius 1 is 1.29 bits per heavy atom. The number of nitrogens with one attached hydrogen (secondary N) is 1. The number of likely N-dealkylation sites (tertiary alicyclic amines) is 1. The average Bonchev–Trinajstić information content (AvgIpc) is 3.14.